The molecule has 1 aromatic carbocycles. The van der Waals surface area contributed by atoms with Gasteiger partial charge in [-0.25, -0.2) is 30.6 Å². The molecule has 1 aliphatic carbocycles. The summed E-state index contributed by atoms with van der Waals surface area (Å²) in [5.41, 5.74) is 0.0298. The van der Waals surface area contributed by atoms with Crippen LogP contribution in [-0.4, -0.2) is 47.3 Å². The fraction of sp³-hybridized carbons (Fsp3) is 0.464. The minimum Gasteiger partial charge on any atom is -0.351 e. The Kier molecular flexibility index (Phi) is 8.56. The Hall–Kier alpha value is -3.43. The average Bonchev–Trinajstić information content (AvgIpc) is 2.86. The predicted octanol–water partition coefficient (Wildman–Crippen LogP) is 4.84. The van der Waals surface area contributed by atoms with Crippen LogP contribution in [0.15, 0.2) is 29.1 Å². The number of aromatic nitrogens is 3. The van der Waals surface area contributed by atoms with Crippen LogP contribution in [-0.2, 0) is 17.1 Å². The van der Waals surface area contributed by atoms with Crippen LogP contribution in [0.2, 0.25) is 0 Å². The van der Waals surface area contributed by atoms with Gasteiger partial charge in [0.1, 0.15) is 11.9 Å². The maximum absolute atomic E-state index is 15.0. The predicted molar refractivity (Wildman–Crippen MR) is 148 cm³/mol. The summed E-state index contributed by atoms with van der Waals surface area (Å²) < 4.78 is 67.9. The van der Waals surface area contributed by atoms with Crippen molar-refractivity contribution in [2.24, 2.45) is 7.05 Å². The summed E-state index contributed by atoms with van der Waals surface area (Å²) in [5.74, 6) is 1.39. The first kappa shape index (κ1) is 29.6. The number of halogens is 3. The van der Waals surface area contributed by atoms with Crippen LogP contribution in [0.3, 0.4) is 0 Å². The maximum Gasteiger partial charge on any atom is 0.276 e. The van der Waals surface area contributed by atoms with E-state index >= 15 is 0 Å². The smallest absolute Gasteiger partial charge is 0.276 e. The number of benzene rings is 1. The van der Waals surface area contributed by atoms with Gasteiger partial charge < -0.3 is 5.32 Å². The number of alkyl halides is 2. The van der Waals surface area contributed by atoms with Crippen molar-refractivity contribution in [3.8, 4) is 12.3 Å². The van der Waals surface area contributed by atoms with Gasteiger partial charge in [0.05, 0.1) is 22.9 Å². The number of pyridine rings is 1. The molecule has 0 radical (unpaired) electrons. The van der Waals surface area contributed by atoms with Crippen molar-refractivity contribution in [2.45, 2.75) is 56.9 Å². The third-order valence-corrected chi connectivity index (χ3v) is 8.89. The summed E-state index contributed by atoms with van der Waals surface area (Å²) in [7, 11) is -0.360. The molecular weight excluding hydrogens is 543 g/mol. The number of aryl methyl sites for hydroxylation is 1. The highest BCUT2D eigenvalue weighted by atomic mass is 32.2. The van der Waals surface area contributed by atoms with Crippen LogP contribution in [0, 0.1) is 18.2 Å². The Labute approximate surface area is 231 Å². The number of nitrogens with one attached hydrogen (secondary N) is 1. The molecule has 3 aromatic rings. The van der Waals surface area contributed by atoms with E-state index in [1.807, 2.05) is 6.92 Å². The normalized spacial score (nSPS) is 15.7. The topological polar surface area (TPSA) is 97.2 Å². The highest BCUT2D eigenvalue weighted by Crippen LogP contribution is 2.40. The quantitative estimate of drug-likeness (QED) is 0.348. The molecule has 0 saturated heterocycles. The third kappa shape index (κ3) is 5.86. The Morgan fingerprint density at radius 1 is 1.27 bits per heavy atom. The van der Waals surface area contributed by atoms with Gasteiger partial charge in [-0.05, 0) is 31.2 Å². The van der Waals surface area contributed by atoms with Crippen molar-refractivity contribution in [1.29, 1.82) is 0 Å². The van der Waals surface area contributed by atoms with Gasteiger partial charge in [-0.3, -0.25) is 9.78 Å². The van der Waals surface area contributed by atoms with Crippen LogP contribution in [0.25, 0.3) is 10.8 Å². The summed E-state index contributed by atoms with van der Waals surface area (Å²) in [6.07, 6.45) is 7.05. The lowest BCUT2D eigenvalue weighted by Gasteiger charge is -2.28. The lowest BCUT2D eigenvalue weighted by molar-refractivity contribution is 0.146. The molecule has 0 bridgehead atoms. The fourth-order valence-electron chi connectivity index (χ4n) is 4.74. The number of sulfonamides is 1. The van der Waals surface area contributed by atoms with E-state index in [1.54, 1.807) is 6.07 Å². The number of fused-ring (bicyclic) bond motifs is 1. The molecule has 2 aromatic heterocycles. The van der Waals surface area contributed by atoms with E-state index < -0.39 is 33.9 Å². The van der Waals surface area contributed by atoms with Gasteiger partial charge in [0.2, 0.25) is 10.0 Å². The molecule has 12 heteroatoms. The number of hydrogen-bond donors (Lipinski definition) is 1. The Morgan fingerprint density at radius 3 is 2.52 bits per heavy atom. The summed E-state index contributed by atoms with van der Waals surface area (Å²) in [4.78, 5) is 18.2. The van der Waals surface area contributed by atoms with Crippen molar-refractivity contribution in [1.82, 2.24) is 19.1 Å². The summed E-state index contributed by atoms with van der Waals surface area (Å²) >= 11 is 0. The second kappa shape index (κ2) is 11.6. The lowest BCUT2D eigenvalue weighted by atomic mass is 9.81. The Balaban J connectivity index is 1.83. The largest absolute Gasteiger partial charge is 0.351 e. The van der Waals surface area contributed by atoms with Gasteiger partial charge in [0.25, 0.3) is 12.0 Å². The van der Waals surface area contributed by atoms with E-state index in [0.29, 0.717) is 28.6 Å². The van der Waals surface area contributed by atoms with Crippen molar-refractivity contribution in [2.75, 3.05) is 25.2 Å². The number of anilines is 1. The van der Waals surface area contributed by atoms with Gasteiger partial charge in [-0.1, -0.05) is 37.5 Å². The number of terminal acetylenes is 1. The SMILES string of the molecule is C#C[C@@H](Nc1nn(C)c(=O)c2c(C3CCC3)nc(C(C)CCN(C)S(C)(=O)=O)cc12)c1cccc(C(F)F)c1F. The zero-order chi connectivity index (χ0) is 29.4. The van der Waals surface area contributed by atoms with Gasteiger partial charge in [0.15, 0.2) is 5.82 Å². The molecule has 1 saturated carbocycles. The number of rotatable bonds is 10. The van der Waals surface area contributed by atoms with Gasteiger partial charge in [-0.15, -0.1) is 6.42 Å². The zero-order valence-electron chi connectivity index (χ0n) is 22.8. The zero-order valence-corrected chi connectivity index (χ0v) is 23.6. The van der Waals surface area contributed by atoms with Crippen LogP contribution in [0.4, 0.5) is 19.0 Å². The summed E-state index contributed by atoms with van der Waals surface area (Å²) in [5, 5.41) is 8.16. The monoisotopic (exact) mass is 575 g/mol. The van der Waals surface area contributed by atoms with E-state index in [2.05, 4.69) is 16.3 Å². The Bertz CT molecular complexity index is 1630. The molecule has 4 rings (SSSR count). The first-order chi connectivity index (χ1) is 18.8. The van der Waals surface area contributed by atoms with Crippen molar-refractivity contribution in [3.05, 3.63) is 63.0 Å². The highest BCUT2D eigenvalue weighted by Gasteiger charge is 2.29. The average molecular weight is 576 g/mol. The molecule has 8 nitrogen and oxygen atoms in total. The van der Waals surface area contributed by atoms with Crippen LogP contribution in [0.1, 0.15) is 79.4 Å². The van der Waals surface area contributed by atoms with Crippen molar-refractivity contribution < 1.29 is 21.6 Å². The number of hydrogen-bond acceptors (Lipinski definition) is 6. The van der Waals surface area contributed by atoms with Crippen LogP contribution in [0.5, 0.6) is 0 Å². The molecule has 0 aliphatic heterocycles. The van der Waals surface area contributed by atoms with E-state index in [-0.39, 0.29) is 35.3 Å². The van der Waals surface area contributed by atoms with Gasteiger partial charge in [0, 0.05) is 43.2 Å². The van der Waals surface area contributed by atoms with Crippen LogP contribution >= 0.6 is 0 Å². The minimum atomic E-state index is -3.35. The van der Waals surface area contributed by atoms with E-state index in [0.717, 1.165) is 36.3 Å². The van der Waals surface area contributed by atoms with Crippen molar-refractivity contribution in [3.63, 3.8) is 0 Å². The van der Waals surface area contributed by atoms with Crippen molar-refractivity contribution >= 4 is 26.6 Å². The lowest BCUT2D eigenvalue weighted by Crippen LogP contribution is -2.28. The molecule has 1 N–H and O–H groups in total. The molecule has 1 fully saturated rings. The molecule has 2 atom stereocenters. The van der Waals surface area contributed by atoms with Gasteiger partial charge in [-0.2, -0.15) is 5.10 Å². The second-order valence-corrected chi connectivity index (χ2v) is 12.4. The first-order valence-corrected chi connectivity index (χ1v) is 14.8. The molecule has 40 heavy (non-hydrogen) atoms. The molecule has 2 heterocycles. The van der Waals surface area contributed by atoms with E-state index in [1.165, 1.54) is 30.5 Å². The number of nitrogens with zero attached hydrogens (tertiary/aromatic N) is 4. The second-order valence-electron chi connectivity index (χ2n) is 10.3. The molecule has 1 aliphatic rings. The fourth-order valence-corrected chi connectivity index (χ4v) is 5.18. The van der Waals surface area contributed by atoms with Gasteiger partial charge >= 0.3 is 0 Å². The highest BCUT2D eigenvalue weighted by molar-refractivity contribution is 7.88. The van der Waals surface area contributed by atoms with E-state index in [9.17, 15) is 26.4 Å². The minimum absolute atomic E-state index is 0.0693. The Morgan fingerprint density at radius 2 is 1.95 bits per heavy atom. The molecule has 1 unspecified atom stereocenters. The molecule has 0 amide bonds. The summed E-state index contributed by atoms with van der Waals surface area (Å²) in [6, 6.07) is 4.21. The standard InChI is InChI=1S/C28H32F3N5O3S/c1-6-21(18-11-8-12-19(24(18)29)26(30)31)33-27-20-15-22(16(2)13-14-35(3)40(5,38)39)32-25(17-9-7-10-17)23(20)28(37)36(4)34-27/h1,8,11-12,15-17,21,26H,7,9-10,13-14H2,2-5H3,(H,33,34)/t16?,21-/m1/s1. The summed E-state index contributed by atoms with van der Waals surface area (Å²) in [6.45, 7) is 2.20. The van der Waals surface area contributed by atoms with E-state index in [4.69, 9.17) is 11.4 Å². The maximum atomic E-state index is 15.0. The molecule has 0 spiro atoms. The first-order valence-electron chi connectivity index (χ1n) is 13.0. The third-order valence-electron chi connectivity index (χ3n) is 7.57. The molecule has 214 valence electrons. The molecular formula is C28H32F3N5O3S. The van der Waals surface area contributed by atoms with Crippen LogP contribution < -0.4 is 10.9 Å².